The molecular weight excluding hydrogens is 259 g/mol. The molecule has 0 aliphatic carbocycles. The normalized spacial score (nSPS) is 18.7. The van der Waals surface area contributed by atoms with E-state index in [9.17, 15) is 18.0 Å². The molecular formula is C12H12F3N3O. The van der Waals surface area contributed by atoms with Crippen molar-refractivity contribution in [1.82, 2.24) is 5.32 Å². The van der Waals surface area contributed by atoms with Crippen LogP contribution in [0.5, 0.6) is 0 Å². The first-order chi connectivity index (χ1) is 8.88. The van der Waals surface area contributed by atoms with Crippen LogP contribution in [0.1, 0.15) is 12.5 Å². The van der Waals surface area contributed by atoms with Gasteiger partial charge in [0.2, 0.25) is 0 Å². The van der Waals surface area contributed by atoms with E-state index in [1.165, 1.54) is 18.2 Å². The first kappa shape index (κ1) is 13.4. The first-order valence-electron chi connectivity index (χ1n) is 5.66. The van der Waals surface area contributed by atoms with E-state index in [1.54, 1.807) is 0 Å². The molecule has 1 unspecified atom stereocenters. The highest BCUT2D eigenvalue weighted by Crippen LogP contribution is 2.34. The van der Waals surface area contributed by atoms with Gasteiger partial charge in [-0.1, -0.05) is 12.1 Å². The topological polar surface area (TPSA) is 53.5 Å². The number of nitrogens with zero attached hydrogens (tertiary/aromatic N) is 1. The van der Waals surface area contributed by atoms with Gasteiger partial charge in [-0.2, -0.15) is 13.2 Å². The van der Waals surface area contributed by atoms with Gasteiger partial charge in [-0.25, -0.2) is 0 Å². The molecule has 0 saturated carbocycles. The molecule has 0 saturated heterocycles. The van der Waals surface area contributed by atoms with Crippen LogP contribution >= 0.6 is 0 Å². The highest BCUT2D eigenvalue weighted by molar-refractivity contribution is 6.42. The Balaban J connectivity index is 2.18. The van der Waals surface area contributed by atoms with Gasteiger partial charge < -0.3 is 10.6 Å². The summed E-state index contributed by atoms with van der Waals surface area (Å²) in [6.07, 6.45) is -4.51. The summed E-state index contributed by atoms with van der Waals surface area (Å²) in [5.74, 6) is -0.606. The maximum Gasteiger partial charge on any atom is 0.418 e. The Morgan fingerprint density at radius 3 is 2.68 bits per heavy atom. The number of para-hydroxylation sites is 1. The molecule has 7 heteroatoms. The zero-order valence-electron chi connectivity index (χ0n) is 10.1. The summed E-state index contributed by atoms with van der Waals surface area (Å²) in [6, 6.07) is 4.84. The van der Waals surface area contributed by atoms with Crippen molar-refractivity contribution < 1.29 is 18.0 Å². The fourth-order valence-electron chi connectivity index (χ4n) is 1.71. The standard InChI is InChI=1S/C12H12F3N3O/c1-7-6-16-10(17-7)11(19)18-9-5-3-2-4-8(9)12(13,14)15/h2-5,7H,6H2,1H3,(H,16,17)(H,18,19). The number of carbonyl (C=O) groups is 1. The molecule has 1 aromatic rings. The van der Waals surface area contributed by atoms with Crippen LogP contribution in [0, 0.1) is 0 Å². The summed E-state index contributed by atoms with van der Waals surface area (Å²) in [5, 5.41) is 5.02. The van der Waals surface area contributed by atoms with Crippen LogP contribution in [0.4, 0.5) is 18.9 Å². The number of rotatable bonds is 2. The summed E-state index contributed by atoms with van der Waals surface area (Å²) >= 11 is 0. The monoisotopic (exact) mass is 271 g/mol. The maximum atomic E-state index is 12.7. The molecule has 0 bridgehead atoms. The molecule has 1 aliphatic heterocycles. The number of benzene rings is 1. The molecule has 1 aromatic carbocycles. The second-order valence-corrected chi connectivity index (χ2v) is 4.23. The molecule has 2 rings (SSSR count). The average Bonchev–Trinajstić information content (AvgIpc) is 2.75. The van der Waals surface area contributed by atoms with Gasteiger partial charge in [0.15, 0.2) is 5.84 Å². The number of anilines is 1. The molecule has 0 radical (unpaired) electrons. The Kier molecular flexibility index (Phi) is 3.46. The molecule has 0 spiro atoms. The molecule has 2 N–H and O–H groups in total. The van der Waals surface area contributed by atoms with E-state index < -0.39 is 17.6 Å². The molecule has 1 atom stereocenters. The van der Waals surface area contributed by atoms with E-state index in [0.717, 1.165) is 6.07 Å². The molecule has 0 fully saturated rings. The largest absolute Gasteiger partial charge is 0.418 e. The van der Waals surface area contributed by atoms with Gasteiger partial charge in [-0.15, -0.1) is 0 Å². The van der Waals surface area contributed by atoms with Gasteiger partial charge >= 0.3 is 6.18 Å². The van der Waals surface area contributed by atoms with Crippen molar-refractivity contribution in [2.45, 2.75) is 19.1 Å². The van der Waals surface area contributed by atoms with Crippen LogP contribution in [0.3, 0.4) is 0 Å². The minimum Gasteiger partial charge on any atom is -0.361 e. The van der Waals surface area contributed by atoms with Crippen molar-refractivity contribution in [2.75, 3.05) is 11.9 Å². The lowest BCUT2D eigenvalue weighted by Crippen LogP contribution is -2.36. The molecule has 0 aromatic heterocycles. The quantitative estimate of drug-likeness (QED) is 0.864. The van der Waals surface area contributed by atoms with Gasteiger partial charge in [0.25, 0.3) is 5.91 Å². The minimum absolute atomic E-state index is 0.0126. The summed E-state index contributed by atoms with van der Waals surface area (Å²) in [5.41, 5.74) is -1.15. The number of hydrogen-bond acceptors (Lipinski definition) is 3. The highest BCUT2D eigenvalue weighted by Gasteiger charge is 2.34. The Labute approximate surface area is 107 Å². The molecule has 1 heterocycles. The predicted molar refractivity (Wildman–Crippen MR) is 65.0 cm³/mol. The van der Waals surface area contributed by atoms with Gasteiger partial charge in [0, 0.05) is 6.04 Å². The Bertz CT molecular complexity index is 525. The molecule has 1 aliphatic rings. The second kappa shape index (κ2) is 4.91. The number of nitrogens with one attached hydrogen (secondary N) is 2. The molecule has 1 amide bonds. The number of hydrogen-bond donors (Lipinski definition) is 2. The van der Waals surface area contributed by atoms with Crippen LogP contribution in [0.2, 0.25) is 0 Å². The summed E-state index contributed by atoms with van der Waals surface area (Å²) < 4.78 is 38.2. The van der Waals surface area contributed by atoms with Crippen molar-refractivity contribution in [1.29, 1.82) is 0 Å². The number of amidine groups is 1. The average molecular weight is 271 g/mol. The number of aliphatic imine (C=N–C) groups is 1. The summed E-state index contributed by atoms with van der Waals surface area (Å²) in [6.45, 7) is 2.26. The zero-order chi connectivity index (χ0) is 14.0. The third kappa shape index (κ3) is 3.04. The Morgan fingerprint density at radius 2 is 2.11 bits per heavy atom. The fraction of sp³-hybridized carbons (Fsp3) is 0.333. The van der Waals surface area contributed by atoms with Crippen molar-refractivity contribution in [3.05, 3.63) is 29.8 Å². The van der Waals surface area contributed by atoms with Crippen LogP contribution in [-0.2, 0) is 11.0 Å². The maximum absolute atomic E-state index is 12.7. The first-order valence-corrected chi connectivity index (χ1v) is 5.66. The minimum atomic E-state index is -4.51. The Hall–Kier alpha value is -2.05. The molecule has 102 valence electrons. The van der Waals surface area contributed by atoms with Crippen molar-refractivity contribution >= 4 is 17.4 Å². The van der Waals surface area contributed by atoms with Gasteiger partial charge in [0.05, 0.1) is 17.8 Å². The lowest BCUT2D eigenvalue weighted by molar-refractivity contribution is -0.136. The van der Waals surface area contributed by atoms with Crippen molar-refractivity contribution in [3.8, 4) is 0 Å². The van der Waals surface area contributed by atoms with Crippen molar-refractivity contribution in [3.63, 3.8) is 0 Å². The number of carbonyl (C=O) groups excluding carboxylic acids is 1. The third-order valence-electron chi connectivity index (χ3n) is 2.60. The van der Waals surface area contributed by atoms with Crippen LogP contribution in [0.15, 0.2) is 29.3 Å². The predicted octanol–water partition coefficient (Wildman–Crippen LogP) is 2.03. The number of alkyl halides is 3. The van der Waals surface area contributed by atoms with Crippen LogP contribution in [0.25, 0.3) is 0 Å². The lowest BCUT2D eigenvalue weighted by Gasteiger charge is -2.13. The smallest absolute Gasteiger partial charge is 0.361 e. The second-order valence-electron chi connectivity index (χ2n) is 4.23. The van der Waals surface area contributed by atoms with Gasteiger partial charge in [0.1, 0.15) is 0 Å². The van der Waals surface area contributed by atoms with Crippen molar-refractivity contribution in [2.24, 2.45) is 4.99 Å². The van der Waals surface area contributed by atoms with E-state index in [-0.39, 0.29) is 17.6 Å². The SMILES string of the molecule is CC1CN=C(C(=O)Nc2ccccc2C(F)(F)F)N1. The Morgan fingerprint density at radius 1 is 1.42 bits per heavy atom. The number of halogens is 3. The van der Waals surface area contributed by atoms with Crippen LogP contribution in [-0.4, -0.2) is 24.3 Å². The summed E-state index contributed by atoms with van der Waals surface area (Å²) in [4.78, 5) is 15.7. The fourth-order valence-corrected chi connectivity index (χ4v) is 1.71. The third-order valence-corrected chi connectivity index (χ3v) is 2.60. The van der Waals surface area contributed by atoms with E-state index in [4.69, 9.17) is 0 Å². The van der Waals surface area contributed by atoms with E-state index in [1.807, 2.05) is 6.92 Å². The van der Waals surface area contributed by atoms with Gasteiger partial charge in [-0.3, -0.25) is 9.79 Å². The van der Waals surface area contributed by atoms with E-state index in [0.29, 0.717) is 6.54 Å². The van der Waals surface area contributed by atoms with Gasteiger partial charge in [-0.05, 0) is 19.1 Å². The summed E-state index contributed by atoms with van der Waals surface area (Å²) in [7, 11) is 0. The number of amides is 1. The van der Waals surface area contributed by atoms with E-state index in [2.05, 4.69) is 15.6 Å². The van der Waals surface area contributed by atoms with E-state index >= 15 is 0 Å². The molecule has 4 nitrogen and oxygen atoms in total. The highest BCUT2D eigenvalue weighted by atomic mass is 19.4. The lowest BCUT2D eigenvalue weighted by atomic mass is 10.1. The molecule has 19 heavy (non-hydrogen) atoms. The van der Waals surface area contributed by atoms with Crippen LogP contribution < -0.4 is 10.6 Å². The zero-order valence-corrected chi connectivity index (χ0v) is 10.1.